The van der Waals surface area contributed by atoms with Gasteiger partial charge in [-0.05, 0) is 66.7 Å². The number of benzene rings is 3. The van der Waals surface area contributed by atoms with E-state index in [9.17, 15) is 9.59 Å². The molecule has 0 fully saturated rings. The Morgan fingerprint density at radius 3 is 2.42 bits per heavy atom. The molecule has 3 rings (SSSR count). The van der Waals surface area contributed by atoms with Crippen LogP contribution in [0.4, 0.5) is 5.69 Å². The number of hydrogen-bond acceptors (Lipinski definition) is 5. The molecule has 0 atom stereocenters. The topological polar surface area (TPSA) is 88.7 Å². The summed E-state index contributed by atoms with van der Waals surface area (Å²) in [5.41, 5.74) is 2.69. The summed E-state index contributed by atoms with van der Waals surface area (Å²) >= 11 is 8.73. The van der Waals surface area contributed by atoms with Gasteiger partial charge in [0.2, 0.25) is 0 Å². The Morgan fingerprint density at radius 1 is 0.944 bits per heavy atom. The molecule has 3 aromatic rings. The van der Waals surface area contributed by atoms with E-state index in [1.54, 1.807) is 43.5 Å². The number of thiocarbonyl (C=S) groups is 1. The second kappa shape index (κ2) is 14.3. The van der Waals surface area contributed by atoms with Gasteiger partial charge in [0.05, 0.1) is 12.2 Å². The average Bonchev–Trinajstić information content (AvgIpc) is 2.88. The number of nitrogens with one attached hydrogen (secondary N) is 3. The number of hydrogen-bond donors (Lipinski definition) is 3. The summed E-state index contributed by atoms with van der Waals surface area (Å²) < 4.78 is 11.6. The van der Waals surface area contributed by atoms with Crippen molar-refractivity contribution in [2.75, 3.05) is 32.2 Å². The van der Waals surface area contributed by atoms with Crippen LogP contribution in [0.25, 0.3) is 0 Å². The van der Waals surface area contributed by atoms with Crippen LogP contribution < -0.4 is 20.7 Å². The van der Waals surface area contributed by atoms with Crippen LogP contribution in [0.2, 0.25) is 0 Å². The number of methoxy groups -OCH3 is 1. The highest BCUT2D eigenvalue weighted by molar-refractivity contribution is 9.10. The maximum atomic E-state index is 12.9. The standard InChI is InChI=1S/C27H28BrN3O4S/c1-34-16-5-15-29-25(32)20-8-11-22(12-9-20)30-27(36)31-26(33)23-18-21(28)10-13-24(23)35-17-14-19-6-3-2-4-7-19/h2-4,6-13,18H,5,14-17H2,1H3,(H,29,32)(H2,30,31,33,36). The predicted octanol–water partition coefficient (Wildman–Crippen LogP) is 4.96. The molecule has 3 N–H and O–H groups in total. The molecule has 0 heterocycles. The van der Waals surface area contributed by atoms with Crippen LogP contribution in [0.15, 0.2) is 77.3 Å². The van der Waals surface area contributed by atoms with E-state index in [2.05, 4.69) is 31.9 Å². The molecule has 0 saturated carbocycles. The van der Waals surface area contributed by atoms with E-state index in [4.69, 9.17) is 21.7 Å². The predicted molar refractivity (Wildman–Crippen MR) is 149 cm³/mol. The second-order valence-corrected chi connectivity index (χ2v) is 9.14. The minimum atomic E-state index is -0.393. The van der Waals surface area contributed by atoms with Gasteiger partial charge in [0.1, 0.15) is 5.75 Å². The van der Waals surface area contributed by atoms with Gasteiger partial charge >= 0.3 is 0 Å². The number of amides is 2. The Kier molecular flexibility index (Phi) is 10.9. The van der Waals surface area contributed by atoms with Crippen molar-refractivity contribution >= 4 is 50.8 Å². The number of carbonyl (C=O) groups is 2. The molecular formula is C27H28BrN3O4S. The lowest BCUT2D eigenvalue weighted by Crippen LogP contribution is -2.34. The highest BCUT2D eigenvalue weighted by atomic mass is 79.9. The van der Waals surface area contributed by atoms with E-state index in [0.717, 1.165) is 22.9 Å². The number of halogens is 1. The first-order valence-corrected chi connectivity index (χ1v) is 12.6. The quantitative estimate of drug-likeness (QED) is 0.223. The molecule has 0 bridgehead atoms. The Bertz CT molecular complexity index is 1170. The van der Waals surface area contributed by atoms with Crippen LogP contribution in [0, 0.1) is 0 Å². The van der Waals surface area contributed by atoms with Crippen LogP contribution in [0.3, 0.4) is 0 Å². The van der Waals surface area contributed by atoms with E-state index < -0.39 is 5.91 Å². The molecule has 0 unspecified atom stereocenters. The minimum absolute atomic E-state index is 0.131. The van der Waals surface area contributed by atoms with Gasteiger partial charge in [-0.3, -0.25) is 14.9 Å². The van der Waals surface area contributed by atoms with Crippen molar-refractivity contribution < 1.29 is 19.1 Å². The van der Waals surface area contributed by atoms with Crippen molar-refractivity contribution in [2.24, 2.45) is 0 Å². The average molecular weight is 571 g/mol. The Balaban J connectivity index is 1.54. The zero-order chi connectivity index (χ0) is 25.8. The van der Waals surface area contributed by atoms with Crippen molar-refractivity contribution in [1.29, 1.82) is 0 Å². The van der Waals surface area contributed by atoms with Crippen LogP contribution in [0.1, 0.15) is 32.7 Å². The Hall–Kier alpha value is -3.27. The van der Waals surface area contributed by atoms with Crippen LogP contribution in [0.5, 0.6) is 5.75 Å². The van der Waals surface area contributed by atoms with E-state index in [1.165, 1.54) is 0 Å². The fourth-order valence-electron chi connectivity index (χ4n) is 3.29. The van der Waals surface area contributed by atoms with Gasteiger partial charge in [0.25, 0.3) is 11.8 Å². The van der Waals surface area contributed by atoms with Gasteiger partial charge in [-0.2, -0.15) is 0 Å². The molecule has 188 valence electrons. The largest absolute Gasteiger partial charge is 0.492 e. The smallest absolute Gasteiger partial charge is 0.261 e. The minimum Gasteiger partial charge on any atom is -0.492 e. The maximum Gasteiger partial charge on any atom is 0.261 e. The Labute approximate surface area is 224 Å². The van der Waals surface area contributed by atoms with Gasteiger partial charge in [0, 0.05) is 42.4 Å². The molecule has 0 aromatic heterocycles. The highest BCUT2D eigenvalue weighted by Gasteiger charge is 2.15. The molecule has 0 aliphatic carbocycles. The van der Waals surface area contributed by atoms with E-state index in [-0.39, 0.29) is 11.0 Å². The molecule has 9 heteroatoms. The Morgan fingerprint density at radius 2 is 1.69 bits per heavy atom. The van der Waals surface area contributed by atoms with Gasteiger partial charge < -0.3 is 20.1 Å². The molecule has 0 aliphatic heterocycles. The lowest BCUT2D eigenvalue weighted by Gasteiger charge is -2.14. The monoisotopic (exact) mass is 569 g/mol. The number of anilines is 1. The molecule has 0 aliphatic rings. The first-order chi connectivity index (χ1) is 17.5. The summed E-state index contributed by atoms with van der Waals surface area (Å²) in [4.78, 5) is 25.1. The molecule has 7 nitrogen and oxygen atoms in total. The molecular weight excluding hydrogens is 542 g/mol. The van der Waals surface area contributed by atoms with Crippen molar-refractivity contribution in [3.8, 4) is 5.75 Å². The van der Waals surface area contributed by atoms with Gasteiger partial charge in [-0.25, -0.2) is 0 Å². The summed E-state index contributed by atoms with van der Waals surface area (Å²) in [6.45, 7) is 1.56. The summed E-state index contributed by atoms with van der Waals surface area (Å²) in [5.74, 6) is -0.0890. The van der Waals surface area contributed by atoms with Crippen molar-refractivity contribution in [3.05, 3.63) is 94.0 Å². The summed E-state index contributed by atoms with van der Waals surface area (Å²) in [6, 6.07) is 22.1. The van der Waals surface area contributed by atoms with Gasteiger partial charge in [0.15, 0.2) is 5.11 Å². The van der Waals surface area contributed by atoms with Crippen molar-refractivity contribution in [1.82, 2.24) is 10.6 Å². The number of carbonyl (C=O) groups excluding carboxylic acids is 2. The van der Waals surface area contributed by atoms with Crippen LogP contribution in [-0.4, -0.2) is 43.8 Å². The van der Waals surface area contributed by atoms with Crippen molar-refractivity contribution in [3.63, 3.8) is 0 Å². The SMILES string of the molecule is COCCCNC(=O)c1ccc(NC(=S)NC(=O)c2cc(Br)ccc2OCCc2ccccc2)cc1. The third-order valence-corrected chi connectivity index (χ3v) is 5.82. The third kappa shape index (κ3) is 8.75. The fourth-order valence-corrected chi connectivity index (χ4v) is 3.86. The molecule has 36 heavy (non-hydrogen) atoms. The van der Waals surface area contributed by atoms with Gasteiger partial charge in [-0.15, -0.1) is 0 Å². The number of rotatable bonds is 11. The summed E-state index contributed by atoms with van der Waals surface area (Å²) in [7, 11) is 1.62. The lowest BCUT2D eigenvalue weighted by atomic mass is 10.1. The molecule has 0 saturated heterocycles. The first kappa shape index (κ1) is 27.3. The first-order valence-electron chi connectivity index (χ1n) is 11.4. The zero-order valence-corrected chi connectivity index (χ0v) is 22.3. The summed E-state index contributed by atoms with van der Waals surface area (Å²) in [6.07, 6.45) is 1.46. The van der Waals surface area contributed by atoms with Crippen LogP contribution in [-0.2, 0) is 11.2 Å². The number of ether oxygens (including phenoxy) is 2. The highest BCUT2D eigenvalue weighted by Crippen LogP contribution is 2.23. The van der Waals surface area contributed by atoms with Gasteiger partial charge in [-0.1, -0.05) is 46.3 Å². The van der Waals surface area contributed by atoms with E-state index in [1.807, 2.05) is 36.4 Å². The van der Waals surface area contributed by atoms with E-state index >= 15 is 0 Å². The molecule has 0 radical (unpaired) electrons. The van der Waals surface area contributed by atoms with Crippen LogP contribution >= 0.6 is 28.1 Å². The zero-order valence-electron chi connectivity index (χ0n) is 19.9. The lowest BCUT2D eigenvalue weighted by molar-refractivity contribution is 0.0946. The van der Waals surface area contributed by atoms with E-state index in [0.29, 0.717) is 42.3 Å². The normalized spacial score (nSPS) is 10.4. The second-order valence-electron chi connectivity index (χ2n) is 7.81. The molecule has 0 spiro atoms. The molecule has 2 amide bonds. The third-order valence-electron chi connectivity index (χ3n) is 5.12. The molecule has 3 aromatic carbocycles. The maximum absolute atomic E-state index is 12.9. The van der Waals surface area contributed by atoms with Crippen molar-refractivity contribution in [2.45, 2.75) is 12.8 Å². The summed E-state index contributed by atoms with van der Waals surface area (Å²) in [5, 5.41) is 8.62. The fraction of sp³-hybridized carbons (Fsp3) is 0.222.